The van der Waals surface area contributed by atoms with E-state index in [1.165, 1.54) is 32.1 Å². The number of hydrogen-bond acceptors (Lipinski definition) is 2. The minimum Gasteiger partial charge on any atom is -0.376 e. The Kier molecular flexibility index (Phi) is 2.90. The summed E-state index contributed by atoms with van der Waals surface area (Å²) in [6.07, 6.45) is 6.25. The summed E-state index contributed by atoms with van der Waals surface area (Å²) in [6, 6.07) is 0. The number of hydrogen-bond donors (Lipinski definition) is 2. The van der Waals surface area contributed by atoms with Gasteiger partial charge in [0.15, 0.2) is 0 Å². The van der Waals surface area contributed by atoms with E-state index >= 15 is 0 Å². The van der Waals surface area contributed by atoms with Crippen LogP contribution in [0.15, 0.2) is 0 Å². The third-order valence-corrected chi connectivity index (χ3v) is 2.91. The van der Waals surface area contributed by atoms with Gasteiger partial charge in [0.1, 0.15) is 5.72 Å². The number of nitrogens with one attached hydrogen (secondary N) is 1. The highest BCUT2D eigenvalue weighted by Crippen LogP contribution is 2.30. The molecule has 1 rings (SSSR count). The van der Waals surface area contributed by atoms with Crippen LogP contribution in [0.4, 0.5) is 0 Å². The van der Waals surface area contributed by atoms with Crippen molar-refractivity contribution >= 4 is 0 Å². The van der Waals surface area contributed by atoms with Gasteiger partial charge in [0.25, 0.3) is 0 Å². The molecule has 0 saturated heterocycles. The van der Waals surface area contributed by atoms with Crippen LogP contribution >= 0.6 is 0 Å². The van der Waals surface area contributed by atoms with Crippen molar-refractivity contribution in [2.75, 3.05) is 7.05 Å². The lowest BCUT2D eigenvalue weighted by atomic mass is 9.82. The summed E-state index contributed by atoms with van der Waals surface area (Å²) in [4.78, 5) is 0. The zero-order valence-electron chi connectivity index (χ0n) is 7.56. The number of aliphatic hydroxyl groups is 1. The van der Waals surface area contributed by atoms with Gasteiger partial charge < -0.3 is 5.11 Å². The molecule has 0 amide bonds. The van der Waals surface area contributed by atoms with E-state index < -0.39 is 5.72 Å². The third-order valence-electron chi connectivity index (χ3n) is 2.91. The summed E-state index contributed by atoms with van der Waals surface area (Å²) in [5, 5.41) is 12.8. The van der Waals surface area contributed by atoms with Gasteiger partial charge in [0.05, 0.1) is 0 Å². The zero-order chi connectivity index (χ0) is 8.32. The fraction of sp³-hybridized carbons (Fsp3) is 1.00. The lowest BCUT2D eigenvalue weighted by molar-refractivity contribution is -0.0398. The molecular formula is C9H19NO. The third kappa shape index (κ3) is 2.17. The highest BCUT2D eigenvalue weighted by Gasteiger charge is 2.30. The van der Waals surface area contributed by atoms with Crippen molar-refractivity contribution in [3.63, 3.8) is 0 Å². The van der Waals surface area contributed by atoms with E-state index in [2.05, 4.69) is 5.32 Å². The van der Waals surface area contributed by atoms with Gasteiger partial charge in [-0.05, 0) is 26.8 Å². The van der Waals surface area contributed by atoms with Gasteiger partial charge in [-0.25, -0.2) is 0 Å². The van der Waals surface area contributed by atoms with Crippen molar-refractivity contribution in [3.05, 3.63) is 0 Å². The normalized spacial score (nSPS) is 26.5. The topological polar surface area (TPSA) is 32.3 Å². The summed E-state index contributed by atoms with van der Waals surface area (Å²) in [5.41, 5.74) is -0.638. The Morgan fingerprint density at radius 3 is 2.27 bits per heavy atom. The van der Waals surface area contributed by atoms with Crippen molar-refractivity contribution in [3.8, 4) is 0 Å². The molecule has 1 unspecified atom stereocenters. The Morgan fingerprint density at radius 2 is 1.82 bits per heavy atom. The van der Waals surface area contributed by atoms with Crippen LogP contribution in [-0.2, 0) is 0 Å². The molecular weight excluding hydrogens is 138 g/mol. The second-order valence-electron chi connectivity index (χ2n) is 3.73. The molecule has 1 saturated carbocycles. The second kappa shape index (κ2) is 3.55. The molecule has 0 spiro atoms. The molecule has 0 aromatic carbocycles. The Morgan fingerprint density at radius 1 is 1.27 bits per heavy atom. The molecule has 0 radical (unpaired) electrons. The molecule has 11 heavy (non-hydrogen) atoms. The molecule has 0 heterocycles. The van der Waals surface area contributed by atoms with Crippen LogP contribution in [0, 0.1) is 5.92 Å². The summed E-state index contributed by atoms with van der Waals surface area (Å²) in [7, 11) is 1.83. The maximum Gasteiger partial charge on any atom is 0.115 e. The smallest absolute Gasteiger partial charge is 0.115 e. The van der Waals surface area contributed by atoms with Crippen LogP contribution in [0.1, 0.15) is 39.0 Å². The van der Waals surface area contributed by atoms with E-state index in [-0.39, 0.29) is 0 Å². The molecule has 1 aliphatic rings. The van der Waals surface area contributed by atoms with Crippen LogP contribution in [-0.4, -0.2) is 17.9 Å². The Labute approximate surface area is 69.0 Å². The molecule has 0 aromatic rings. The lowest BCUT2D eigenvalue weighted by Gasteiger charge is -2.35. The van der Waals surface area contributed by atoms with E-state index in [0.717, 1.165) is 0 Å². The maximum absolute atomic E-state index is 9.84. The van der Waals surface area contributed by atoms with Crippen LogP contribution in [0.2, 0.25) is 0 Å². The fourth-order valence-electron chi connectivity index (χ4n) is 1.87. The molecule has 2 N–H and O–H groups in total. The van der Waals surface area contributed by atoms with Gasteiger partial charge in [-0.3, -0.25) is 5.32 Å². The van der Waals surface area contributed by atoms with Gasteiger partial charge in [0.2, 0.25) is 0 Å². The predicted molar refractivity (Wildman–Crippen MR) is 46.3 cm³/mol. The summed E-state index contributed by atoms with van der Waals surface area (Å²) in [6.45, 7) is 1.88. The Bertz CT molecular complexity index is 117. The van der Waals surface area contributed by atoms with Crippen molar-refractivity contribution in [1.29, 1.82) is 0 Å². The molecule has 66 valence electrons. The molecule has 2 heteroatoms. The average molecular weight is 157 g/mol. The van der Waals surface area contributed by atoms with Gasteiger partial charge >= 0.3 is 0 Å². The Hall–Kier alpha value is -0.0800. The summed E-state index contributed by atoms with van der Waals surface area (Å²) >= 11 is 0. The maximum atomic E-state index is 9.84. The summed E-state index contributed by atoms with van der Waals surface area (Å²) in [5.74, 6) is 0.459. The first-order chi connectivity index (χ1) is 5.17. The lowest BCUT2D eigenvalue weighted by Crippen LogP contribution is -2.47. The fourth-order valence-corrected chi connectivity index (χ4v) is 1.87. The van der Waals surface area contributed by atoms with Crippen LogP contribution in [0.5, 0.6) is 0 Å². The Balaban J connectivity index is 2.43. The zero-order valence-corrected chi connectivity index (χ0v) is 7.56. The molecule has 1 atom stereocenters. The summed E-state index contributed by atoms with van der Waals surface area (Å²) < 4.78 is 0. The van der Waals surface area contributed by atoms with E-state index in [0.29, 0.717) is 5.92 Å². The van der Waals surface area contributed by atoms with Gasteiger partial charge in [-0.1, -0.05) is 19.3 Å². The predicted octanol–water partition coefficient (Wildman–Crippen LogP) is 1.49. The van der Waals surface area contributed by atoms with E-state index in [1.54, 1.807) is 0 Å². The minimum atomic E-state index is -0.638. The number of rotatable bonds is 2. The monoisotopic (exact) mass is 157 g/mol. The molecule has 0 aliphatic heterocycles. The minimum absolute atomic E-state index is 0.459. The molecule has 1 fully saturated rings. The van der Waals surface area contributed by atoms with E-state index in [9.17, 15) is 5.11 Å². The largest absolute Gasteiger partial charge is 0.376 e. The van der Waals surface area contributed by atoms with Crippen molar-refractivity contribution < 1.29 is 5.11 Å². The average Bonchev–Trinajstić information content (AvgIpc) is 2.06. The molecule has 0 bridgehead atoms. The second-order valence-corrected chi connectivity index (χ2v) is 3.73. The van der Waals surface area contributed by atoms with Crippen LogP contribution in [0.25, 0.3) is 0 Å². The van der Waals surface area contributed by atoms with Gasteiger partial charge in [0, 0.05) is 5.92 Å². The molecule has 1 aliphatic carbocycles. The first-order valence-electron chi connectivity index (χ1n) is 4.58. The SMILES string of the molecule is CNC(C)(O)C1CCCCC1. The van der Waals surface area contributed by atoms with E-state index in [1.807, 2.05) is 14.0 Å². The van der Waals surface area contributed by atoms with Gasteiger partial charge in [-0.2, -0.15) is 0 Å². The van der Waals surface area contributed by atoms with Crippen LogP contribution in [0.3, 0.4) is 0 Å². The standard InChI is InChI=1S/C9H19NO/c1-9(11,10-2)8-6-4-3-5-7-8/h8,10-11H,3-7H2,1-2H3. The highest BCUT2D eigenvalue weighted by molar-refractivity contribution is 4.80. The van der Waals surface area contributed by atoms with Crippen molar-refractivity contribution in [2.24, 2.45) is 5.92 Å². The first-order valence-corrected chi connectivity index (χ1v) is 4.58. The first kappa shape index (κ1) is 9.01. The quantitative estimate of drug-likeness (QED) is 0.595. The van der Waals surface area contributed by atoms with Crippen molar-refractivity contribution in [2.45, 2.75) is 44.8 Å². The highest BCUT2D eigenvalue weighted by atomic mass is 16.3. The molecule has 2 nitrogen and oxygen atoms in total. The molecule has 0 aromatic heterocycles. The van der Waals surface area contributed by atoms with Crippen molar-refractivity contribution in [1.82, 2.24) is 5.32 Å². The van der Waals surface area contributed by atoms with Gasteiger partial charge in [-0.15, -0.1) is 0 Å². The van der Waals surface area contributed by atoms with E-state index in [4.69, 9.17) is 0 Å². The van der Waals surface area contributed by atoms with Crippen LogP contribution < -0.4 is 5.32 Å².